The van der Waals surface area contributed by atoms with Gasteiger partial charge in [-0.05, 0) is 48.9 Å². The number of nitrogens with one attached hydrogen (secondary N) is 1. The van der Waals surface area contributed by atoms with Gasteiger partial charge in [-0.25, -0.2) is 0 Å². The highest BCUT2D eigenvalue weighted by atomic mass is 127. The summed E-state index contributed by atoms with van der Waals surface area (Å²) < 4.78 is 6.39. The SMILES string of the molecule is CCOc1ccc(Nc2cc(CI)ccc2N)cc1. The predicted octanol–water partition coefficient (Wildman–Crippen LogP) is 4.35. The second-order valence-corrected chi connectivity index (χ2v) is 4.90. The highest BCUT2D eigenvalue weighted by Crippen LogP contribution is 2.26. The number of benzene rings is 2. The summed E-state index contributed by atoms with van der Waals surface area (Å²) in [5.74, 6) is 0.877. The average Bonchev–Trinajstić information content (AvgIpc) is 2.44. The predicted molar refractivity (Wildman–Crippen MR) is 89.5 cm³/mol. The molecule has 100 valence electrons. The fraction of sp³-hybridized carbons (Fsp3) is 0.200. The molecule has 0 bridgehead atoms. The highest BCUT2D eigenvalue weighted by molar-refractivity contribution is 14.1. The van der Waals surface area contributed by atoms with Gasteiger partial charge in [0.05, 0.1) is 18.0 Å². The van der Waals surface area contributed by atoms with Crippen molar-refractivity contribution in [3.63, 3.8) is 0 Å². The first-order chi connectivity index (χ1) is 9.22. The lowest BCUT2D eigenvalue weighted by Crippen LogP contribution is -1.97. The van der Waals surface area contributed by atoms with Crippen molar-refractivity contribution >= 4 is 39.7 Å². The standard InChI is InChI=1S/C15H17IN2O/c1-2-19-13-6-4-12(5-7-13)18-15-9-11(10-16)3-8-14(15)17/h3-9,18H,2,10,17H2,1H3. The van der Waals surface area contributed by atoms with Gasteiger partial charge in [0.15, 0.2) is 0 Å². The third-order valence-electron chi connectivity index (χ3n) is 2.72. The van der Waals surface area contributed by atoms with Gasteiger partial charge < -0.3 is 15.8 Å². The van der Waals surface area contributed by atoms with Crippen LogP contribution in [-0.4, -0.2) is 6.61 Å². The summed E-state index contributed by atoms with van der Waals surface area (Å²) in [4.78, 5) is 0. The highest BCUT2D eigenvalue weighted by Gasteiger charge is 2.02. The zero-order valence-corrected chi connectivity index (χ0v) is 13.0. The molecule has 19 heavy (non-hydrogen) atoms. The van der Waals surface area contributed by atoms with Crippen molar-refractivity contribution in [1.29, 1.82) is 0 Å². The van der Waals surface area contributed by atoms with E-state index in [0.717, 1.165) is 27.2 Å². The largest absolute Gasteiger partial charge is 0.494 e. The van der Waals surface area contributed by atoms with Crippen LogP contribution < -0.4 is 15.8 Å². The average molecular weight is 368 g/mol. The van der Waals surface area contributed by atoms with Gasteiger partial charge in [0, 0.05) is 10.1 Å². The minimum Gasteiger partial charge on any atom is -0.494 e. The Balaban J connectivity index is 2.16. The summed E-state index contributed by atoms with van der Waals surface area (Å²) in [6, 6.07) is 13.9. The fourth-order valence-corrected chi connectivity index (χ4v) is 2.23. The van der Waals surface area contributed by atoms with Crippen molar-refractivity contribution in [1.82, 2.24) is 0 Å². The van der Waals surface area contributed by atoms with E-state index in [1.807, 2.05) is 43.3 Å². The summed E-state index contributed by atoms with van der Waals surface area (Å²) in [6.45, 7) is 2.65. The molecule has 3 nitrogen and oxygen atoms in total. The van der Waals surface area contributed by atoms with E-state index in [2.05, 4.69) is 34.0 Å². The second-order valence-electron chi connectivity index (χ2n) is 4.14. The zero-order chi connectivity index (χ0) is 13.7. The monoisotopic (exact) mass is 368 g/mol. The van der Waals surface area contributed by atoms with E-state index in [-0.39, 0.29) is 0 Å². The van der Waals surface area contributed by atoms with Crippen molar-refractivity contribution < 1.29 is 4.74 Å². The van der Waals surface area contributed by atoms with Crippen LogP contribution in [0.2, 0.25) is 0 Å². The Morgan fingerprint density at radius 1 is 1.16 bits per heavy atom. The van der Waals surface area contributed by atoms with Gasteiger partial charge >= 0.3 is 0 Å². The van der Waals surface area contributed by atoms with E-state index in [4.69, 9.17) is 10.5 Å². The maximum absolute atomic E-state index is 5.98. The minimum atomic E-state index is 0.678. The molecule has 0 aliphatic heterocycles. The molecular weight excluding hydrogens is 351 g/mol. The number of nitrogens with two attached hydrogens (primary N) is 1. The van der Waals surface area contributed by atoms with Crippen molar-refractivity contribution in [2.75, 3.05) is 17.7 Å². The number of ether oxygens (including phenoxy) is 1. The minimum absolute atomic E-state index is 0.678. The van der Waals surface area contributed by atoms with Gasteiger partial charge in [0.1, 0.15) is 5.75 Å². The molecule has 0 heterocycles. The maximum Gasteiger partial charge on any atom is 0.119 e. The van der Waals surface area contributed by atoms with E-state index in [1.54, 1.807) is 0 Å². The van der Waals surface area contributed by atoms with Gasteiger partial charge in [-0.3, -0.25) is 0 Å². The first kappa shape index (κ1) is 14.0. The summed E-state index contributed by atoms with van der Waals surface area (Å²) in [6.07, 6.45) is 0. The molecule has 0 aromatic heterocycles. The molecule has 0 spiro atoms. The number of alkyl halides is 1. The molecule has 2 rings (SSSR count). The number of nitrogen functional groups attached to an aromatic ring is 1. The van der Waals surface area contributed by atoms with Gasteiger partial charge in [0.25, 0.3) is 0 Å². The molecule has 0 aliphatic carbocycles. The third kappa shape index (κ3) is 3.76. The molecule has 0 amide bonds. The number of hydrogen-bond acceptors (Lipinski definition) is 3. The van der Waals surface area contributed by atoms with E-state index < -0.39 is 0 Å². The number of hydrogen-bond donors (Lipinski definition) is 2. The summed E-state index contributed by atoms with van der Waals surface area (Å²) in [5.41, 5.74) is 9.93. The Hall–Kier alpha value is -1.43. The van der Waals surface area contributed by atoms with Crippen LogP contribution in [0.5, 0.6) is 5.75 Å². The number of rotatable bonds is 5. The van der Waals surface area contributed by atoms with Crippen LogP contribution in [0, 0.1) is 0 Å². The molecule has 0 saturated carbocycles. The lowest BCUT2D eigenvalue weighted by Gasteiger charge is -2.11. The Bertz CT molecular complexity index is 540. The van der Waals surface area contributed by atoms with Crippen LogP contribution in [0.25, 0.3) is 0 Å². The molecule has 0 atom stereocenters. The van der Waals surface area contributed by atoms with Crippen LogP contribution in [0.4, 0.5) is 17.1 Å². The summed E-state index contributed by atoms with van der Waals surface area (Å²) in [5, 5.41) is 3.33. The molecule has 4 heteroatoms. The van der Waals surface area contributed by atoms with E-state index in [9.17, 15) is 0 Å². The topological polar surface area (TPSA) is 47.3 Å². The summed E-state index contributed by atoms with van der Waals surface area (Å²) in [7, 11) is 0. The normalized spacial score (nSPS) is 10.2. The van der Waals surface area contributed by atoms with Crippen LogP contribution >= 0.6 is 22.6 Å². The third-order valence-corrected chi connectivity index (χ3v) is 3.60. The first-order valence-corrected chi connectivity index (χ1v) is 7.69. The molecule has 0 saturated heterocycles. The molecule has 2 aromatic carbocycles. The molecule has 0 aliphatic rings. The Morgan fingerprint density at radius 3 is 2.53 bits per heavy atom. The van der Waals surface area contributed by atoms with E-state index in [0.29, 0.717) is 6.61 Å². The second kappa shape index (κ2) is 6.65. The number of halogens is 1. The van der Waals surface area contributed by atoms with Crippen molar-refractivity contribution in [2.24, 2.45) is 0 Å². The summed E-state index contributed by atoms with van der Waals surface area (Å²) >= 11 is 2.34. The van der Waals surface area contributed by atoms with Crippen molar-refractivity contribution in [3.05, 3.63) is 48.0 Å². The first-order valence-electron chi connectivity index (χ1n) is 6.17. The van der Waals surface area contributed by atoms with Crippen molar-refractivity contribution in [2.45, 2.75) is 11.4 Å². The van der Waals surface area contributed by atoms with E-state index >= 15 is 0 Å². The maximum atomic E-state index is 5.98. The van der Waals surface area contributed by atoms with Crippen LogP contribution in [0.3, 0.4) is 0 Å². The zero-order valence-electron chi connectivity index (χ0n) is 10.8. The number of anilines is 3. The molecule has 0 fully saturated rings. The quantitative estimate of drug-likeness (QED) is 0.469. The lowest BCUT2D eigenvalue weighted by molar-refractivity contribution is 0.340. The van der Waals surface area contributed by atoms with Gasteiger partial charge in [0.2, 0.25) is 0 Å². The van der Waals surface area contributed by atoms with Crippen LogP contribution in [0.15, 0.2) is 42.5 Å². The Morgan fingerprint density at radius 2 is 1.89 bits per heavy atom. The van der Waals surface area contributed by atoms with Gasteiger partial charge in [-0.2, -0.15) is 0 Å². The Labute approximate surface area is 127 Å². The fourth-order valence-electron chi connectivity index (χ4n) is 1.75. The van der Waals surface area contributed by atoms with Crippen LogP contribution in [-0.2, 0) is 4.43 Å². The molecule has 0 radical (unpaired) electrons. The van der Waals surface area contributed by atoms with Crippen LogP contribution in [0.1, 0.15) is 12.5 Å². The van der Waals surface area contributed by atoms with Crippen molar-refractivity contribution in [3.8, 4) is 5.75 Å². The van der Waals surface area contributed by atoms with Gasteiger partial charge in [-0.15, -0.1) is 0 Å². The molecule has 2 aromatic rings. The molecule has 0 unspecified atom stereocenters. The molecular formula is C15H17IN2O. The van der Waals surface area contributed by atoms with Gasteiger partial charge in [-0.1, -0.05) is 28.7 Å². The lowest BCUT2D eigenvalue weighted by atomic mass is 10.2. The smallest absolute Gasteiger partial charge is 0.119 e. The Kier molecular flexibility index (Phi) is 4.90. The molecule has 3 N–H and O–H groups in total. The van der Waals surface area contributed by atoms with E-state index in [1.165, 1.54) is 5.56 Å².